The summed E-state index contributed by atoms with van der Waals surface area (Å²) in [7, 11) is -4.13. The van der Waals surface area contributed by atoms with E-state index in [1.54, 1.807) is 42.5 Å². The average molecular weight is 294 g/mol. The summed E-state index contributed by atoms with van der Waals surface area (Å²) in [6.07, 6.45) is 0.687. The van der Waals surface area contributed by atoms with Crippen LogP contribution in [-0.2, 0) is 15.7 Å². The van der Waals surface area contributed by atoms with Crippen molar-refractivity contribution in [2.75, 3.05) is 0 Å². The lowest BCUT2D eigenvalue weighted by Gasteiger charge is -2.17. The van der Waals surface area contributed by atoms with Crippen LogP contribution in [0.2, 0.25) is 0 Å². The predicted molar refractivity (Wildman–Crippen MR) is 74.8 cm³/mol. The van der Waals surface area contributed by atoms with Crippen LogP contribution in [0.4, 0.5) is 0 Å². The van der Waals surface area contributed by atoms with Crippen LogP contribution in [0, 0.1) is 0 Å². The quantitative estimate of drug-likeness (QED) is 0.488. The Labute approximate surface area is 117 Å². The summed E-state index contributed by atoms with van der Waals surface area (Å²) in [5, 5.41) is 8.86. The maximum atomic E-state index is 12.3. The molecule has 0 aliphatic heterocycles. The lowest BCUT2D eigenvalue weighted by molar-refractivity contribution is -0.154. The number of rotatable bonds is 6. The molecule has 1 unspecified atom stereocenters. The van der Waals surface area contributed by atoms with Crippen molar-refractivity contribution in [2.45, 2.75) is 13.3 Å². The van der Waals surface area contributed by atoms with Gasteiger partial charge in [-0.3, -0.25) is 0 Å². The van der Waals surface area contributed by atoms with Gasteiger partial charge in [0.05, 0.1) is 0 Å². The minimum absolute atomic E-state index is 0.277. The van der Waals surface area contributed by atoms with E-state index in [4.69, 9.17) is 14.3 Å². The molecule has 20 heavy (non-hydrogen) atoms. The molecule has 0 aliphatic carbocycles. The highest BCUT2D eigenvalue weighted by Crippen LogP contribution is 2.49. The average Bonchev–Trinajstić information content (AvgIpc) is 2.49. The molecular formula is C14H15O5P. The first-order chi connectivity index (χ1) is 9.67. The van der Waals surface area contributed by atoms with E-state index < -0.39 is 7.82 Å². The summed E-state index contributed by atoms with van der Waals surface area (Å²) in [6.45, 7) is 1.94. The van der Waals surface area contributed by atoms with E-state index in [0.29, 0.717) is 12.2 Å². The van der Waals surface area contributed by atoms with Crippen LogP contribution in [-0.4, -0.2) is 5.26 Å². The third kappa shape index (κ3) is 3.61. The molecule has 6 heteroatoms. The van der Waals surface area contributed by atoms with Gasteiger partial charge in [-0.25, -0.2) is 9.82 Å². The number of phosphoric ester groups is 1. The molecule has 0 amide bonds. The molecule has 0 spiro atoms. The summed E-state index contributed by atoms with van der Waals surface area (Å²) in [5.41, 5.74) is 0.835. The lowest BCUT2D eigenvalue weighted by atomic mass is 10.1. The topological polar surface area (TPSA) is 65.0 Å². The SMILES string of the molecule is CCc1ccccc1OP(=O)(OO)Oc1ccccc1. The van der Waals surface area contributed by atoms with E-state index in [2.05, 4.69) is 4.67 Å². The van der Waals surface area contributed by atoms with Gasteiger partial charge in [0, 0.05) is 0 Å². The highest BCUT2D eigenvalue weighted by atomic mass is 31.2. The molecule has 0 bridgehead atoms. The van der Waals surface area contributed by atoms with Gasteiger partial charge in [0.1, 0.15) is 11.5 Å². The number of hydrogen-bond donors (Lipinski definition) is 1. The van der Waals surface area contributed by atoms with Gasteiger partial charge >= 0.3 is 7.82 Å². The smallest absolute Gasteiger partial charge is 0.394 e. The van der Waals surface area contributed by atoms with Gasteiger partial charge < -0.3 is 9.05 Å². The highest BCUT2D eigenvalue weighted by Gasteiger charge is 2.32. The van der Waals surface area contributed by atoms with Crippen LogP contribution < -0.4 is 9.05 Å². The molecular weight excluding hydrogens is 279 g/mol. The normalized spacial score (nSPS) is 13.5. The van der Waals surface area contributed by atoms with E-state index in [-0.39, 0.29) is 5.75 Å². The summed E-state index contributed by atoms with van der Waals surface area (Å²) in [5.74, 6) is 0.627. The molecule has 1 N–H and O–H groups in total. The van der Waals surface area contributed by atoms with Crippen LogP contribution in [0.15, 0.2) is 54.6 Å². The first-order valence-corrected chi connectivity index (χ1v) is 7.58. The maximum absolute atomic E-state index is 12.3. The molecule has 0 radical (unpaired) electrons. The third-order valence-corrected chi connectivity index (χ3v) is 3.68. The Morgan fingerprint density at radius 3 is 2.30 bits per heavy atom. The molecule has 2 aromatic rings. The van der Waals surface area contributed by atoms with Crippen molar-refractivity contribution >= 4 is 7.82 Å². The van der Waals surface area contributed by atoms with Gasteiger partial charge in [-0.1, -0.05) is 43.3 Å². The van der Waals surface area contributed by atoms with E-state index in [1.807, 2.05) is 19.1 Å². The maximum Gasteiger partial charge on any atom is 0.615 e. The zero-order chi connectivity index (χ0) is 14.4. The van der Waals surface area contributed by atoms with Crippen LogP contribution in [0.3, 0.4) is 0 Å². The first-order valence-electron chi connectivity index (χ1n) is 6.12. The van der Waals surface area contributed by atoms with Crippen LogP contribution in [0.1, 0.15) is 12.5 Å². The molecule has 106 valence electrons. The van der Waals surface area contributed by atoms with Crippen molar-refractivity contribution < 1.29 is 23.5 Å². The van der Waals surface area contributed by atoms with Gasteiger partial charge in [-0.05, 0) is 30.2 Å². The van der Waals surface area contributed by atoms with Crippen molar-refractivity contribution in [2.24, 2.45) is 0 Å². The number of aryl methyl sites for hydroxylation is 1. The molecule has 0 saturated carbocycles. The Morgan fingerprint density at radius 1 is 1.00 bits per heavy atom. The number of benzene rings is 2. The first kappa shape index (κ1) is 14.6. The van der Waals surface area contributed by atoms with Gasteiger partial charge in [-0.15, -0.1) is 4.67 Å². The molecule has 2 rings (SSSR count). The molecule has 0 aliphatic rings. The Morgan fingerprint density at radius 2 is 1.65 bits per heavy atom. The molecule has 5 nitrogen and oxygen atoms in total. The van der Waals surface area contributed by atoms with Gasteiger partial charge in [0.2, 0.25) is 0 Å². The highest BCUT2D eigenvalue weighted by molar-refractivity contribution is 7.49. The van der Waals surface area contributed by atoms with Crippen LogP contribution in [0.5, 0.6) is 11.5 Å². The number of phosphoric acid groups is 1. The predicted octanol–water partition coefficient (Wildman–Crippen LogP) is 4.30. The Bertz CT molecular complexity index is 600. The minimum atomic E-state index is -4.13. The summed E-state index contributed by atoms with van der Waals surface area (Å²) < 4.78 is 26.6. The molecule has 0 saturated heterocycles. The fourth-order valence-electron chi connectivity index (χ4n) is 1.67. The van der Waals surface area contributed by atoms with Gasteiger partial charge in [0.25, 0.3) is 0 Å². The lowest BCUT2D eigenvalue weighted by Crippen LogP contribution is -2.04. The number of para-hydroxylation sites is 2. The molecule has 0 heterocycles. The van der Waals surface area contributed by atoms with Gasteiger partial charge in [0.15, 0.2) is 0 Å². The Hall–Kier alpha value is -1.81. The third-order valence-electron chi connectivity index (χ3n) is 2.62. The fourth-order valence-corrected chi connectivity index (χ4v) is 2.57. The molecule has 2 aromatic carbocycles. The second-order valence-corrected chi connectivity index (χ2v) is 5.41. The molecule has 1 atom stereocenters. The second-order valence-electron chi connectivity index (χ2n) is 3.99. The van der Waals surface area contributed by atoms with E-state index >= 15 is 0 Å². The van der Waals surface area contributed by atoms with E-state index in [0.717, 1.165) is 5.56 Å². The second kappa shape index (κ2) is 6.57. The van der Waals surface area contributed by atoms with Gasteiger partial charge in [-0.2, -0.15) is 0 Å². The molecule has 0 aromatic heterocycles. The van der Waals surface area contributed by atoms with E-state index in [1.165, 1.54) is 0 Å². The zero-order valence-electron chi connectivity index (χ0n) is 10.9. The van der Waals surface area contributed by atoms with Crippen molar-refractivity contribution in [3.8, 4) is 11.5 Å². The standard InChI is InChI=1S/C14H15O5P/c1-2-12-8-6-7-11-14(12)18-20(16,19-15)17-13-9-4-3-5-10-13/h3-11,15H,2H2,1H3. The Kier molecular flexibility index (Phi) is 4.79. The van der Waals surface area contributed by atoms with Crippen molar-refractivity contribution in [3.63, 3.8) is 0 Å². The van der Waals surface area contributed by atoms with Crippen LogP contribution >= 0.6 is 7.82 Å². The van der Waals surface area contributed by atoms with Crippen molar-refractivity contribution in [3.05, 3.63) is 60.2 Å². The number of hydrogen-bond acceptors (Lipinski definition) is 5. The zero-order valence-corrected chi connectivity index (χ0v) is 11.8. The monoisotopic (exact) mass is 294 g/mol. The summed E-state index contributed by atoms with van der Waals surface area (Å²) >= 11 is 0. The largest absolute Gasteiger partial charge is 0.615 e. The van der Waals surface area contributed by atoms with Crippen LogP contribution in [0.25, 0.3) is 0 Å². The van der Waals surface area contributed by atoms with Crippen molar-refractivity contribution in [1.82, 2.24) is 0 Å². The molecule has 0 fully saturated rings. The Balaban J connectivity index is 2.21. The van der Waals surface area contributed by atoms with E-state index in [9.17, 15) is 4.57 Å². The minimum Gasteiger partial charge on any atom is -0.394 e. The fraction of sp³-hybridized carbons (Fsp3) is 0.143. The summed E-state index contributed by atoms with van der Waals surface area (Å²) in [4.78, 5) is 0. The van der Waals surface area contributed by atoms with Crippen molar-refractivity contribution in [1.29, 1.82) is 0 Å². The summed E-state index contributed by atoms with van der Waals surface area (Å²) in [6, 6.07) is 15.4.